The van der Waals surface area contributed by atoms with Crippen molar-refractivity contribution in [2.45, 2.75) is 0 Å². The monoisotopic (exact) mass is 357 g/mol. The predicted molar refractivity (Wildman–Crippen MR) is 87.7 cm³/mol. The van der Waals surface area contributed by atoms with Gasteiger partial charge in [-0.1, -0.05) is 0 Å². The lowest BCUT2D eigenvalue weighted by atomic mass is 10.1. The van der Waals surface area contributed by atoms with Gasteiger partial charge in [-0.2, -0.15) is 0 Å². The van der Waals surface area contributed by atoms with Crippen LogP contribution in [0.3, 0.4) is 0 Å². The van der Waals surface area contributed by atoms with Gasteiger partial charge in [0, 0.05) is 23.8 Å². The van der Waals surface area contributed by atoms with Gasteiger partial charge in [0.1, 0.15) is 11.4 Å². The number of aliphatic imine (C=N–C) groups is 1. The van der Waals surface area contributed by atoms with Crippen molar-refractivity contribution >= 4 is 40.1 Å². The van der Waals surface area contributed by atoms with E-state index < -0.39 is 32.1 Å². The number of nitrogens with zero attached hydrogens (tertiary/aromatic N) is 4. The van der Waals surface area contributed by atoms with Gasteiger partial charge in [-0.3, -0.25) is 35.1 Å². The summed E-state index contributed by atoms with van der Waals surface area (Å²) in [7, 11) is 0. The number of nitro benzene ring substituents is 3. The third-order valence-corrected chi connectivity index (χ3v) is 3.53. The van der Waals surface area contributed by atoms with Crippen LogP contribution >= 0.6 is 0 Å². The highest BCUT2D eigenvalue weighted by Gasteiger charge is 2.29. The number of nitrogens with one attached hydrogen (secondary N) is 1. The van der Waals surface area contributed by atoms with Crippen LogP contribution in [-0.2, 0) is 4.79 Å². The lowest BCUT2D eigenvalue weighted by Crippen LogP contribution is -2.14. The number of non-ortho nitro benzene ring substituents is 2. The van der Waals surface area contributed by atoms with E-state index in [2.05, 4.69) is 10.3 Å². The van der Waals surface area contributed by atoms with Crippen molar-refractivity contribution in [1.29, 1.82) is 0 Å². The van der Waals surface area contributed by atoms with Crippen molar-refractivity contribution < 1.29 is 19.6 Å². The summed E-state index contributed by atoms with van der Waals surface area (Å²) in [6.07, 6.45) is 0. The molecule has 0 fully saturated rings. The number of nitro groups is 3. The first-order chi connectivity index (χ1) is 12.3. The van der Waals surface area contributed by atoms with Crippen LogP contribution in [0.15, 0.2) is 41.4 Å². The van der Waals surface area contributed by atoms with E-state index in [1.165, 1.54) is 12.1 Å². The van der Waals surface area contributed by atoms with Crippen LogP contribution in [0.2, 0.25) is 0 Å². The fourth-order valence-corrected chi connectivity index (χ4v) is 2.35. The number of hydrogen-bond acceptors (Lipinski definition) is 8. The lowest BCUT2D eigenvalue weighted by molar-refractivity contribution is -0.393. The average Bonchev–Trinajstić information content (AvgIpc) is 2.89. The van der Waals surface area contributed by atoms with Crippen molar-refractivity contribution in [3.8, 4) is 0 Å². The van der Waals surface area contributed by atoms with Crippen LogP contribution in [0.1, 0.15) is 5.56 Å². The average molecular weight is 357 g/mol. The Balaban J connectivity index is 2.16. The van der Waals surface area contributed by atoms with E-state index in [1.807, 2.05) is 0 Å². The molecular weight excluding hydrogens is 350 g/mol. The minimum Gasteiger partial charge on any atom is -0.320 e. The number of anilines is 1. The molecule has 0 radical (unpaired) electrons. The Morgan fingerprint density at radius 3 is 2.08 bits per heavy atom. The van der Waals surface area contributed by atoms with Crippen molar-refractivity contribution in [3.63, 3.8) is 0 Å². The van der Waals surface area contributed by atoms with Gasteiger partial charge < -0.3 is 5.32 Å². The van der Waals surface area contributed by atoms with Crippen LogP contribution in [-0.4, -0.2) is 26.4 Å². The number of rotatable bonds is 4. The summed E-state index contributed by atoms with van der Waals surface area (Å²) >= 11 is 0. The normalized spacial score (nSPS) is 14.0. The van der Waals surface area contributed by atoms with Crippen LogP contribution < -0.4 is 5.32 Å². The summed E-state index contributed by atoms with van der Waals surface area (Å²) in [5, 5.41) is 35.3. The van der Waals surface area contributed by atoms with E-state index in [1.54, 1.807) is 0 Å². The Hall–Kier alpha value is -4.22. The first-order valence-corrected chi connectivity index (χ1v) is 6.89. The standard InChI is InChI=1S/C14H7N5O7/c20-14-13(9-5-7(17(21)22)1-3-10(9)16-14)15-11-4-2-8(18(23)24)6-12(11)19(25)26/h1-6H,(H,15,16,20). The molecule has 1 amide bonds. The maximum Gasteiger partial charge on any atom is 0.301 e. The topological polar surface area (TPSA) is 171 Å². The fourth-order valence-electron chi connectivity index (χ4n) is 2.35. The zero-order valence-electron chi connectivity index (χ0n) is 12.6. The molecule has 0 bridgehead atoms. The number of carbonyl (C=O) groups excluding carboxylic acids is 1. The summed E-state index contributed by atoms with van der Waals surface area (Å²) in [6, 6.07) is 6.39. The van der Waals surface area contributed by atoms with E-state index in [0.717, 1.165) is 24.3 Å². The third kappa shape index (κ3) is 2.82. The molecule has 1 heterocycles. The molecule has 130 valence electrons. The van der Waals surface area contributed by atoms with Crippen molar-refractivity contribution in [1.82, 2.24) is 0 Å². The Kier molecular flexibility index (Phi) is 3.84. The van der Waals surface area contributed by atoms with Gasteiger partial charge in [-0.15, -0.1) is 0 Å². The van der Waals surface area contributed by atoms with Gasteiger partial charge in [0.05, 0.1) is 26.5 Å². The lowest BCUT2D eigenvalue weighted by Gasteiger charge is -2.00. The summed E-state index contributed by atoms with van der Waals surface area (Å²) in [5.74, 6) is -0.701. The maximum atomic E-state index is 12.1. The molecule has 26 heavy (non-hydrogen) atoms. The number of carbonyl (C=O) groups is 1. The fraction of sp³-hybridized carbons (Fsp3) is 0. The quantitative estimate of drug-likeness (QED) is 0.646. The van der Waals surface area contributed by atoms with Crippen LogP contribution in [0.4, 0.5) is 28.4 Å². The molecular formula is C14H7N5O7. The van der Waals surface area contributed by atoms with Crippen LogP contribution in [0.25, 0.3) is 0 Å². The Morgan fingerprint density at radius 1 is 0.846 bits per heavy atom. The van der Waals surface area contributed by atoms with Gasteiger partial charge in [0.2, 0.25) is 0 Å². The molecule has 0 spiro atoms. The summed E-state index contributed by atoms with van der Waals surface area (Å²) < 4.78 is 0. The van der Waals surface area contributed by atoms with E-state index in [0.29, 0.717) is 0 Å². The molecule has 2 aromatic rings. The molecule has 12 nitrogen and oxygen atoms in total. The number of fused-ring (bicyclic) bond motifs is 1. The highest BCUT2D eigenvalue weighted by molar-refractivity contribution is 6.54. The second-order valence-electron chi connectivity index (χ2n) is 5.09. The largest absolute Gasteiger partial charge is 0.320 e. The molecule has 12 heteroatoms. The third-order valence-electron chi connectivity index (χ3n) is 3.53. The molecule has 2 aromatic carbocycles. The minimum atomic E-state index is -0.867. The SMILES string of the molecule is O=C1Nc2ccc([N+](=O)[O-])cc2C1=Nc1ccc([N+](=O)[O-])cc1[N+](=O)[O-]. The van der Waals surface area contributed by atoms with E-state index in [9.17, 15) is 35.1 Å². The summed E-state index contributed by atoms with van der Waals surface area (Å²) in [5.41, 5.74) is -1.64. The number of amides is 1. The van der Waals surface area contributed by atoms with E-state index in [-0.39, 0.29) is 28.3 Å². The van der Waals surface area contributed by atoms with Gasteiger partial charge in [-0.05, 0) is 12.1 Å². The van der Waals surface area contributed by atoms with Gasteiger partial charge in [-0.25, -0.2) is 4.99 Å². The molecule has 0 saturated heterocycles. The van der Waals surface area contributed by atoms with Gasteiger partial charge >= 0.3 is 5.69 Å². The molecule has 0 aliphatic carbocycles. The minimum absolute atomic E-state index is 0.108. The second kappa shape index (κ2) is 6.01. The van der Waals surface area contributed by atoms with Gasteiger partial charge in [0.15, 0.2) is 0 Å². The first-order valence-electron chi connectivity index (χ1n) is 6.89. The number of benzene rings is 2. The zero-order chi connectivity index (χ0) is 19.0. The molecule has 1 N–H and O–H groups in total. The van der Waals surface area contributed by atoms with Crippen LogP contribution in [0, 0.1) is 30.3 Å². The van der Waals surface area contributed by atoms with E-state index in [4.69, 9.17) is 0 Å². The number of hydrogen-bond donors (Lipinski definition) is 1. The summed E-state index contributed by atoms with van der Waals surface area (Å²) in [4.78, 5) is 46.5. The maximum absolute atomic E-state index is 12.1. The Bertz CT molecular complexity index is 1030. The molecule has 0 saturated carbocycles. The smallest absolute Gasteiger partial charge is 0.301 e. The Labute approximate surface area is 143 Å². The molecule has 0 atom stereocenters. The van der Waals surface area contributed by atoms with Crippen molar-refractivity contribution in [2.24, 2.45) is 4.99 Å². The second-order valence-corrected chi connectivity index (χ2v) is 5.09. The van der Waals surface area contributed by atoms with Crippen molar-refractivity contribution in [2.75, 3.05) is 5.32 Å². The molecule has 0 aromatic heterocycles. The highest BCUT2D eigenvalue weighted by atomic mass is 16.6. The Morgan fingerprint density at radius 2 is 1.46 bits per heavy atom. The molecule has 1 aliphatic rings. The summed E-state index contributed by atoms with van der Waals surface area (Å²) in [6.45, 7) is 0. The molecule has 0 unspecified atom stereocenters. The van der Waals surface area contributed by atoms with Crippen molar-refractivity contribution in [3.05, 3.63) is 72.3 Å². The molecule has 3 rings (SSSR count). The molecule has 1 aliphatic heterocycles. The first kappa shape index (κ1) is 16.6. The van der Waals surface area contributed by atoms with Crippen LogP contribution in [0.5, 0.6) is 0 Å². The zero-order valence-corrected chi connectivity index (χ0v) is 12.6. The highest BCUT2D eigenvalue weighted by Crippen LogP contribution is 2.34. The van der Waals surface area contributed by atoms with Gasteiger partial charge in [0.25, 0.3) is 17.3 Å². The predicted octanol–water partition coefficient (Wildman–Crippen LogP) is 2.48. The van der Waals surface area contributed by atoms with E-state index >= 15 is 0 Å².